The van der Waals surface area contributed by atoms with Gasteiger partial charge >= 0.3 is 6.09 Å². The molecule has 124 valence electrons. The van der Waals surface area contributed by atoms with Gasteiger partial charge in [0.05, 0.1) is 5.69 Å². The molecule has 2 aromatic rings. The molecule has 0 saturated carbocycles. The van der Waals surface area contributed by atoms with Crippen LogP contribution in [0.15, 0.2) is 36.4 Å². The van der Waals surface area contributed by atoms with E-state index in [1.807, 2.05) is 71.0 Å². The molecule has 0 spiro atoms. The number of ether oxygens (including phenoxy) is 1. The summed E-state index contributed by atoms with van der Waals surface area (Å²) in [6.45, 7) is 9.46. The topological polar surface area (TPSA) is 67.0 Å². The van der Waals surface area contributed by atoms with Crippen LogP contribution in [0.5, 0.6) is 0 Å². The van der Waals surface area contributed by atoms with Crippen LogP contribution < -0.4 is 5.32 Å². The van der Waals surface area contributed by atoms with Gasteiger partial charge in [0.2, 0.25) is 0 Å². The van der Waals surface area contributed by atoms with Crippen molar-refractivity contribution < 1.29 is 9.53 Å². The molecule has 0 aliphatic rings. The number of nitrogens with zero attached hydrogens (tertiary/aromatic N) is 1. The number of amides is 1. The Labute approximate surface area is 137 Å². The summed E-state index contributed by atoms with van der Waals surface area (Å²) in [5.41, 5.74) is 1.98. The molecule has 1 aromatic heterocycles. The number of alkyl carbamates (subject to hydrolysis) is 1. The van der Waals surface area contributed by atoms with Gasteiger partial charge in [-0.05, 0) is 40.7 Å². The first-order chi connectivity index (χ1) is 10.6. The minimum absolute atomic E-state index is 0.412. The number of hydrogen-bond acceptors (Lipinski definition) is 3. The summed E-state index contributed by atoms with van der Waals surface area (Å²) in [4.78, 5) is 11.9. The fourth-order valence-corrected chi connectivity index (χ4v) is 2.31. The van der Waals surface area contributed by atoms with Gasteiger partial charge in [-0.1, -0.05) is 30.3 Å². The molecule has 0 bridgehead atoms. The number of hydrogen-bond donors (Lipinski definition) is 2. The number of nitrogens with one attached hydrogen (secondary N) is 2. The predicted molar refractivity (Wildman–Crippen MR) is 91.2 cm³/mol. The molecule has 23 heavy (non-hydrogen) atoms. The monoisotopic (exact) mass is 315 g/mol. The van der Waals surface area contributed by atoms with Crippen LogP contribution in [0.4, 0.5) is 4.79 Å². The lowest BCUT2D eigenvalue weighted by molar-refractivity contribution is 0.0472. The first kappa shape index (κ1) is 17.1. The minimum Gasteiger partial charge on any atom is -0.444 e. The van der Waals surface area contributed by atoms with Crippen LogP contribution in [-0.4, -0.2) is 27.4 Å². The summed E-state index contributed by atoms with van der Waals surface area (Å²) in [7, 11) is 0. The molecule has 5 heteroatoms. The number of benzene rings is 1. The minimum atomic E-state index is -0.505. The van der Waals surface area contributed by atoms with Gasteiger partial charge in [0.1, 0.15) is 5.60 Å². The number of H-pyrrole nitrogens is 1. The van der Waals surface area contributed by atoms with Crippen LogP contribution in [0.25, 0.3) is 11.3 Å². The molecule has 1 amide bonds. The van der Waals surface area contributed by atoms with Crippen molar-refractivity contribution in [3.05, 3.63) is 42.1 Å². The zero-order chi connectivity index (χ0) is 17.1. The van der Waals surface area contributed by atoms with E-state index in [-0.39, 0.29) is 0 Å². The Morgan fingerprint density at radius 1 is 1.17 bits per heavy atom. The molecule has 0 atom stereocenters. The van der Waals surface area contributed by atoms with E-state index in [2.05, 4.69) is 15.5 Å². The Bertz CT molecular complexity index is 654. The summed E-state index contributed by atoms with van der Waals surface area (Å²) < 4.78 is 5.31. The lowest BCUT2D eigenvalue weighted by Gasteiger charge is -2.28. The van der Waals surface area contributed by atoms with Crippen LogP contribution >= 0.6 is 0 Å². The van der Waals surface area contributed by atoms with Gasteiger partial charge in [0, 0.05) is 23.2 Å². The second-order valence-electron chi connectivity index (χ2n) is 7.33. The van der Waals surface area contributed by atoms with E-state index >= 15 is 0 Å². The normalized spacial score (nSPS) is 12.0. The fourth-order valence-electron chi connectivity index (χ4n) is 2.31. The first-order valence-electron chi connectivity index (χ1n) is 7.75. The molecule has 0 saturated heterocycles. The Morgan fingerprint density at radius 2 is 1.83 bits per heavy atom. The lowest BCUT2D eigenvalue weighted by Crippen LogP contribution is -2.47. The van der Waals surface area contributed by atoms with Crippen molar-refractivity contribution in [2.24, 2.45) is 0 Å². The maximum atomic E-state index is 11.9. The van der Waals surface area contributed by atoms with E-state index in [9.17, 15) is 4.79 Å². The van der Waals surface area contributed by atoms with Gasteiger partial charge < -0.3 is 10.1 Å². The van der Waals surface area contributed by atoms with Crippen LogP contribution in [0.3, 0.4) is 0 Å². The highest BCUT2D eigenvalue weighted by molar-refractivity contribution is 5.68. The third-order valence-corrected chi connectivity index (χ3v) is 3.17. The van der Waals surface area contributed by atoms with Gasteiger partial charge in [0.15, 0.2) is 0 Å². The van der Waals surface area contributed by atoms with Crippen molar-refractivity contribution in [1.29, 1.82) is 0 Å². The third kappa shape index (κ3) is 5.43. The number of carbonyl (C=O) groups excluding carboxylic acids is 1. The van der Waals surface area contributed by atoms with Crippen LogP contribution in [0.2, 0.25) is 0 Å². The summed E-state index contributed by atoms with van der Waals surface area (Å²) in [6.07, 6.45) is 0.219. The SMILES string of the molecule is CC(C)(Cc1cc(-c2ccccc2)n[nH]1)NC(=O)OC(C)(C)C. The molecule has 2 rings (SSSR count). The van der Waals surface area contributed by atoms with Gasteiger partial charge in [-0.25, -0.2) is 4.79 Å². The fraction of sp³-hybridized carbons (Fsp3) is 0.444. The third-order valence-electron chi connectivity index (χ3n) is 3.17. The second-order valence-corrected chi connectivity index (χ2v) is 7.33. The van der Waals surface area contributed by atoms with Crippen molar-refractivity contribution >= 4 is 6.09 Å². The van der Waals surface area contributed by atoms with Crippen molar-refractivity contribution in [3.8, 4) is 11.3 Å². The molecular formula is C18H25N3O2. The first-order valence-corrected chi connectivity index (χ1v) is 7.75. The second kappa shape index (κ2) is 6.44. The van der Waals surface area contributed by atoms with E-state index in [0.29, 0.717) is 6.42 Å². The average molecular weight is 315 g/mol. The van der Waals surface area contributed by atoms with Crippen LogP contribution in [0, 0.1) is 0 Å². The van der Waals surface area contributed by atoms with E-state index in [0.717, 1.165) is 17.0 Å². The molecule has 1 aromatic carbocycles. The Morgan fingerprint density at radius 3 is 2.43 bits per heavy atom. The highest BCUT2D eigenvalue weighted by Gasteiger charge is 2.25. The standard InChI is InChI=1S/C18H25N3O2/c1-17(2,3)23-16(22)19-18(4,5)12-14-11-15(21-20-14)13-9-7-6-8-10-13/h6-11H,12H2,1-5H3,(H,19,22)(H,20,21). The highest BCUT2D eigenvalue weighted by atomic mass is 16.6. The largest absolute Gasteiger partial charge is 0.444 e. The van der Waals surface area contributed by atoms with E-state index in [4.69, 9.17) is 4.74 Å². The molecule has 0 aliphatic carbocycles. The van der Waals surface area contributed by atoms with Crippen molar-refractivity contribution in [3.63, 3.8) is 0 Å². The zero-order valence-electron chi connectivity index (χ0n) is 14.4. The molecule has 0 radical (unpaired) electrons. The Kier molecular flexibility index (Phi) is 4.78. The highest BCUT2D eigenvalue weighted by Crippen LogP contribution is 2.20. The van der Waals surface area contributed by atoms with Gasteiger partial charge in [-0.2, -0.15) is 5.10 Å². The summed E-state index contributed by atoms with van der Waals surface area (Å²) in [5.74, 6) is 0. The summed E-state index contributed by atoms with van der Waals surface area (Å²) >= 11 is 0. The van der Waals surface area contributed by atoms with Gasteiger partial charge in [0.25, 0.3) is 0 Å². The molecule has 2 N–H and O–H groups in total. The molecule has 0 unspecified atom stereocenters. The smallest absolute Gasteiger partial charge is 0.408 e. The average Bonchev–Trinajstić information content (AvgIpc) is 2.84. The van der Waals surface area contributed by atoms with Gasteiger partial charge in [-0.3, -0.25) is 5.10 Å². The zero-order valence-corrected chi connectivity index (χ0v) is 14.4. The predicted octanol–water partition coefficient (Wildman–Crippen LogP) is 3.92. The van der Waals surface area contributed by atoms with E-state index in [1.165, 1.54) is 0 Å². The quantitative estimate of drug-likeness (QED) is 0.898. The maximum absolute atomic E-state index is 11.9. The maximum Gasteiger partial charge on any atom is 0.408 e. The van der Waals surface area contributed by atoms with Gasteiger partial charge in [-0.15, -0.1) is 0 Å². The van der Waals surface area contributed by atoms with E-state index in [1.54, 1.807) is 0 Å². The summed E-state index contributed by atoms with van der Waals surface area (Å²) in [6, 6.07) is 12.0. The Hall–Kier alpha value is -2.30. The van der Waals surface area contributed by atoms with E-state index < -0.39 is 17.2 Å². The van der Waals surface area contributed by atoms with Crippen molar-refractivity contribution in [2.45, 2.75) is 52.2 Å². The number of aromatic nitrogens is 2. The van der Waals surface area contributed by atoms with Crippen LogP contribution in [0.1, 0.15) is 40.3 Å². The molecule has 5 nitrogen and oxygen atoms in total. The molecule has 0 aliphatic heterocycles. The van der Waals surface area contributed by atoms with Crippen LogP contribution in [-0.2, 0) is 11.2 Å². The number of rotatable bonds is 4. The molecule has 1 heterocycles. The molecule has 0 fully saturated rings. The number of carbonyl (C=O) groups is 1. The Balaban J connectivity index is 2.01. The number of aromatic amines is 1. The summed E-state index contributed by atoms with van der Waals surface area (Å²) in [5, 5.41) is 10.3. The van der Waals surface area contributed by atoms with Crippen molar-refractivity contribution in [2.75, 3.05) is 0 Å². The lowest BCUT2D eigenvalue weighted by atomic mass is 9.98. The molecular weight excluding hydrogens is 290 g/mol. The van der Waals surface area contributed by atoms with Crippen molar-refractivity contribution in [1.82, 2.24) is 15.5 Å².